The Labute approximate surface area is 160 Å². The van der Waals surface area contributed by atoms with Crippen LogP contribution < -0.4 is 24.3 Å². The lowest BCUT2D eigenvalue weighted by atomic mass is 10.1. The Kier molecular flexibility index (Phi) is 7.79. The molecule has 2 rings (SSSR count). The number of hydrogen-bond donors (Lipinski definition) is 1. The van der Waals surface area contributed by atoms with Crippen molar-refractivity contribution in [3.8, 4) is 23.0 Å². The molecule has 0 spiro atoms. The maximum atomic E-state index is 12.6. The number of carbonyl (C=O) groups excluding carboxylic acids is 1. The summed E-state index contributed by atoms with van der Waals surface area (Å²) in [5.41, 5.74) is 1.09. The number of carbonyl (C=O) groups is 1. The lowest BCUT2D eigenvalue weighted by Gasteiger charge is -2.13. The van der Waals surface area contributed by atoms with Crippen molar-refractivity contribution in [2.75, 3.05) is 32.8 Å². The van der Waals surface area contributed by atoms with Crippen molar-refractivity contribution >= 4 is 11.6 Å². The summed E-state index contributed by atoms with van der Waals surface area (Å²) in [6.45, 7) is 5.15. The summed E-state index contributed by atoms with van der Waals surface area (Å²) in [5.74, 6) is 2.10. The minimum absolute atomic E-state index is 0.250. The molecule has 1 N–H and O–H groups in total. The van der Waals surface area contributed by atoms with Crippen LogP contribution in [0.4, 0.5) is 5.69 Å². The first-order chi connectivity index (χ1) is 13.1. The fourth-order valence-electron chi connectivity index (χ4n) is 2.48. The number of rotatable bonds is 10. The molecule has 0 saturated carbocycles. The standard InChI is InChI=1S/C21H27NO5/c1-5-7-12-27-18-10-8-15(13-19(18)24-3)21(23)22-16-9-11-17(26-6-2)20(14-16)25-4/h8-11,13-14H,5-7,12H2,1-4H3,(H,22,23). The molecular formula is C21H27NO5. The minimum atomic E-state index is -0.250. The van der Waals surface area contributed by atoms with E-state index < -0.39 is 0 Å². The van der Waals surface area contributed by atoms with Gasteiger partial charge in [-0.2, -0.15) is 0 Å². The monoisotopic (exact) mass is 373 g/mol. The first-order valence-electron chi connectivity index (χ1n) is 9.05. The Hall–Kier alpha value is -2.89. The van der Waals surface area contributed by atoms with Crippen molar-refractivity contribution in [2.24, 2.45) is 0 Å². The minimum Gasteiger partial charge on any atom is -0.493 e. The summed E-state index contributed by atoms with van der Waals surface area (Å²) in [5, 5.41) is 2.85. The molecule has 0 radical (unpaired) electrons. The molecule has 0 heterocycles. The van der Waals surface area contributed by atoms with Gasteiger partial charge in [-0.05, 0) is 43.7 Å². The number of nitrogens with one attached hydrogen (secondary N) is 1. The molecule has 0 aliphatic rings. The smallest absolute Gasteiger partial charge is 0.255 e. The van der Waals surface area contributed by atoms with E-state index in [4.69, 9.17) is 18.9 Å². The molecule has 1 amide bonds. The third-order valence-corrected chi connectivity index (χ3v) is 3.90. The number of hydrogen-bond acceptors (Lipinski definition) is 5. The average molecular weight is 373 g/mol. The summed E-state index contributed by atoms with van der Waals surface area (Å²) in [7, 11) is 3.12. The van der Waals surface area contributed by atoms with Crippen LogP contribution in [0.25, 0.3) is 0 Å². The second kappa shape index (κ2) is 10.3. The van der Waals surface area contributed by atoms with Gasteiger partial charge in [0.05, 0.1) is 27.4 Å². The van der Waals surface area contributed by atoms with Crippen LogP contribution in [0.15, 0.2) is 36.4 Å². The van der Waals surface area contributed by atoms with Gasteiger partial charge < -0.3 is 24.3 Å². The van der Waals surface area contributed by atoms with E-state index in [2.05, 4.69) is 12.2 Å². The van der Waals surface area contributed by atoms with Gasteiger partial charge in [-0.25, -0.2) is 0 Å². The van der Waals surface area contributed by atoms with Crippen molar-refractivity contribution in [1.29, 1.82) is 0 Å². The number of benzene rings is 2. The van der Waals surface area contributed by atoms with E-state index in [9.17, 15) is 4.79 Å². The molecule has 0 bridgehead atoms. The molecule has 0 aliphatic heterocycles. The number of amides is 1. The Morgan fingerprint density at radius 1 is 0.889 bits per heavy atom. The number of unbranched alkanes of at least 4 members (excludes halogenated alkanes) is 1. The van der Waals surface area contributed by atoms with Crippen LogP contribution >= 0.6 is 0 Å². The SMILES string of the molecule is CCCCOc1ccc(C(=O)Nc2ccc(OCC)c(OC)c2)cc1OC. The third-order valence-electron chi connectivity index (χ3n) is 3.90. The first kappa shape index (κ1) is 20.4. The molecule has 0 saturated heterocycles. The summed E-state index contributed by atoms with van der Waals surface area (Å²) in [6.07, 6.45) is 2.01. The first-order valence-corrected chi connectivity index (χ1v) is 9.05. The van der Waals surface area contributed by atoms with Crippen molar-refractivity contribution in [2.45, 2.75) is 26.7 Å². The summed E-state index contributed by atoms with van der Waals surface area (Å²) >= 11 is 0. The summed E-state index contributed by atoms with van der Waals surface area (Å²) in [6, 6.07) is 10.4. The molecule has 6 heteroatoms. The van der Waals surface area contributed by atoms with Crippen molar-refractivity contribution in [3.05, 3.63) is 42.0 Å². The van der Waals surface area contributed by atoms with E-state index >= 15 is 0 Å². The fraction of sp³-hybridized carbons (Fsp3) is 0.381. The van der Waals surface area contributed by atoms with Gasteiger partial charge in [0.2, 0.25) is 0 Å². The van der Waals surface area contributed by atoms with Gasteiger partial charge in [0.25, 0.3) is 5.91 Å². The Morgan fingerprint density at radius 2 is 1.56 bits per heavy atom. The molecule has 2 aromatic carbocycles. The quantitative estimate of drug-likeness (QED) is 0.620. The van der Waals surface area contributed by atoms with Gasteiger partial charge in [0.15, 0.2) is 23.0 Å². The van der Waals surface area contributed by atoms with Crippen LogP contribution in [0.5, 0.6) is 23.0 Å². The highest BCUT2D eigenvalue weighted by Gasteiger charge is 2.13. The zero-order valence-electron chi connectivity index (χ0n) is 16.3. The third kappa shape index (κ3) is 5.54. The predicted octanol–water partition coefficient (Wildman–Crippen LogP) is 4.53. The second-order valence-electron chi connectivity index (χ2n) is 5.82. The van der Waals surface area contributed by atoms with Crippen LogP contribution in [-0.2, 0) is 0 Å². The van der Waals surface area contributed by atoms with Crippen LogP contribution in [0, 0.1) is 0 Å². The molecule has 0 atom stereocenters. The molecule has 0 unspecified atom stereocenters. The largest absolute Gasteiger partial charge is 0.493 e. The number of methoxy groups -OCH3 is 2. The zero-order chi connectivity index (χ0) is 19.6. The molecule has 6 nitrogen and oxygen atoms in total. The Bertz CT molecular complexity index is 760. The lowest BCUT2D eigenvalue weighted by Crippen LogP contribution is -2.12. The highest BCUT2D eigenvalue weighted by molar-refractivity contribution is 6.04. The van der Waals surface area contributed by atoms with Gasteiger partial charge in [-0.3, -0.25) is 4.79 Å². The normalized spacial score (nSPS) is 10.2. The summed E-state index contributed by atoms with van der Waals surface area (Å²) < 4.78 is 21.9. The highest BCUT2D eigenvalue weighted by Crippen LogP contribution is 2.31. The topological polar surface area (TPSA) is 66.0 Å². The molecule has 0 aliphatic carbocycles. The van der Waals surface area contributed by atoms with E-state index in [0.717, 1.165) is 12.8 Å². The van der Waals surface area contributed by atoms with Gasteiger partial charge >= 0.3 is 0 Å². The van der Waals surface area contributed by atoms with Crippen LogP contribution in [0.1, 0.15) is 37.0 Å². The van der Waals surface area contributed by atoms with Gasteiger partial charge in [0, 0.05) is 17.3 Å². The van der Waals surface area contributed by atoms with Crippen LogP contribution in [0.2, 0.25) is 0 Å². The number of anilines is 1. The van der Waals surface area contributed by atoms with Gasteiger partial charge in [0.1, 0.15) is 0 Å². The van der Waals surface area contributed by atoms with E-state index in [1.54, 1.807) is 50.6 Å². The molecule has 0 aromatic heterocycles. The predicted molar refractivity (Wildman–Crippen MR) is 106 cm³/mol. The van der Waals surface area contributed by atoms with Crippen LogP contribution in [0.3, 0.4) is 0 Å². The number of ether oxygens (including phenoxy) is 4. The highest BCUT2D eigenvalue weighted by atomic mass is 16.5. The Morgan fingerprint density at radius 3 is 2.22 bits per heavy atom. The molecule has 27 heavy (non-hydrogen) atoms. The van der Waals surface area contributed by atoms with E-state index in [-0.39, 0.29) is 5.91 Å². The van der Waals surface area contributed by atoms with E-state index in [0.29, 0.717) is 47.5 Å². The van der Waals surface area contributed by atoms with Crippen molar-refractivity contribution < 1.29 is 23.7 Å². The van der Waals surface area contributed by atoms with Crippen molar-refractivity contribution in [3.63, 3.8) is 0 Å². The van der Waals surface area contributed by atoms with Crippen molar-refractivity contribution in [1.82, 2.24) is 0 Å². The van der Waals surface area contributed by atoms with Crippen LogP contribution in [-0.4, -0.2) is 33.3 Å². The van der Waals surface area contributed by atoms with E-state index in [1.165, 1.54) is 0 Å². The second-order valence-corrected chi connectivity index (χ2v) is 5.82. The maximum Gasteiger partial charge on any atom is 0.255 e. The summed E-state index contributed by atoms with van der Waals surface area (Å²) in [4.78, 5) is 12.6. The maximum absolute atomic E-state index is 12.6. The average Bonchev–Trinajstić information content (AvgIpc) is 2.69. The molecular weight excluding hydrogens is 346 g/mol. The van der Waals surface area contributed by atoms with Gasteiger partial charge in [-0.1, -0.05) is 13.3 Å². The molecule has 146 valence electrons. The zero-order valence-corrected chi connectivity index (χ0v) is 16.3. The Balaban J connectivity index is 2.13. The fourth-order valence-corrected chi connectivity index (χ4v) is 2.48. The van der Waals surface area contributed by atoms with E-state index in [1.807, 2.05) is 6.92 Å². The lowest BCUT2D eigenvalue weighted by molar-refractivity contribution is 0.102. The van der Waals surface area contributed by atoms with Gasteiger partial charge in [-0.15, -0.1) is 0 Å². The molecule has 0 fully saturated rings. The molecule has 2 aromatic rings.